The predicted molar refractivity (Wildman–Crippen MR) is 62.6 cm³/mol. The van der Waals surface area contributed by atoms with E-state index in [9.17, 15) is 4.39 Å². The summed E-state index contributed by atoms with van der Waals surface area (Å²) in [7, 11) is 1.63. The Balaban J connectivity index is 2.19. The molecule has 0 spiro atoms. The van der Waals surface area contributed by atoms with Gasteiger partial charge in [-0.2, -0.15) is 0 Å². The second-order valence-electron chi connectivity index (χ2n) is 3.16. The first kappa shape index (κ1) is 13.2. The SMILES string of the molecule is COCCOCCNc1ccc(F)c(Cl)c1. The molecule has 0 unspecified atom stereocenters. The molecular formula is C11H15ClFNO2. The van der Waals surface area contributed by atoms with Gasteiger partial charge < -0.3 is 14.8 Å². The van der Waals surface area contributed by atoms with Gasteiger partial charge in [0.25, 0.3) is 0 Å². The Kier molecular flexibility index (Phi) is 6.15. The highest BCUT2D eigenvalue weighted by Crippen LogP contribution is 2.18. The summed E-state index contributed by atoms with van der Waals surface area (Å²) in [4.78, 5) is 0. The summed E-state index contributed by atoms with van der Waals surface area (Å²) < 4.78 is 22.9. The number of hydrogen-bond acceptors (Lipinski definition) is 3. The van der Waals surface area contributed by atoms with Crippen molar-refractivity contribution in [2.45, 2.75) is 0 Å². The predicted octanol–water partition coefficient (Wildman–Crippen LogP) is 2.55. The molecule has 0 saturated carbocycles. The molecule has 0 aromatic heterocycles. The lowest BCUT2D eigenvalue weighted by molar-refractivity contribution is 0.0759. The molecule has 1 N–H and O–H groups in total. The third kappa shape index (κ3) is 4.79. The molecule has 0 atom stereocenters. The van der Waals surface area contributed by atoms with Crippen LogP contribution in [0.5, 0.6) is 0 Å². The summed E-state index contributed by atoms with van der Waals surface area (Å²) in [5.41, 5.74) is 0.779. The van der Waals surface area contributed by atoms with Crippen LogP contribution < -0.4 is 5.32 Å². The van der Waals surface area contributed by atoms with Crippen molar-refractivity contribution in [3.05, 3.63) is 29.0 Å². The average molecular weight is 248 g/mol. The molecule has 0 radical (unpaired) electrons. The minimum atomic E-state index is -0.413. The lowest BCUT2D eigenvalue weighted by Gasteiger charge is -2.07. The minimum Gasteiger partial charge on any atom is -0.383 e. The van der Waals surface area contributed by atoms with E-state index in [-0.39, 0.29) is 5.02 Å². The normalized spacial score (nSPS) is 10.4. The Morgan fingerprint density at radius 3 is 2.81 bits per heavy atom. The van der Waals surface area contributed by atoms with Crippen LogP contribution in [-0.2, 0) is 9.47 Å². The van der Waals surface area contributed by atoms with E-state index in [4.69, 9.17) is 21.1 Å². The molecular weight excluding hydrogens is 233 g/mol. The molecule has 90 valence electrons. The van der Waals surface area contributed by atoms with E-state index in [0.29, 0.717) is 26.4 Å². The second-order valence-corrected chi connectivity index (χ2v) is 3.57. The summed E-state index contributed by atoms with van der Waals surface area (Å²) in [6.45, 7) is 2.37. The zero-order chi connectivity index (χ0) is 11.8. The van der Waals surface area contributed by atoms with E-state index in [1.807, 2.05) is 0 Å². The van der Waals surface area contributed by atoms with Crippen LogP contribution in [0.25, 0.3) is 0 Å². The van der Waals surface area contributed by atoms with E-state index in [2.05, 4.69) is 5.32 Å². The van der Waals surface area contributed by atoms with Crippen LogP contribution in [0.1, 0.15) is 0 Å². The van der Waals surface area contributed by atoms with Crippen LogP contribution in [0.15, 0.2) is 18.2 Å². The fourth-order valence-corrected chi connectivity index (χ4v) is 1.30. The Hall–Kier alpha value is -0.840. The summed E-state index contributed by atoms with van der Waals surface area (Å²) >= 11 is 5.63. The third-order valence-corrected chi connectivity index (χ3v) is 2.22. The van der Waals surface area contributed by atoms with Crippen molar-refractivity contribution in [1.82, 2.24) is 0 Å². The smallest absolute Gasteiger partial charge is 0.141 e. The van der Waals surface area contributed by atoms with Gasteiger partial charge in [0.1, 0.15) is 5.82 Å². The maximum absolute atomic E-state index is 12.8. The van der Waals surface area contributed by atoms with Gasteiger partial charge in [0.05, 0.1) is 24.8 Å². The Labute approximate surface area is 99.5 Å². The number of ether oxygens (including phenoxy) is 2. The van der Waals surface area contributed by atoms with Crippen LogP contribution in [-0.4, -0.2) is 33.5 Å². The number of nitrogens with one attached hydrogen (secondary N) is 1. The second kappa shape index (κ2) is 7.44. The molecule has 1 rings (SSSR count). The first-order chi connectivity index (χ1) is 7.74. The molecule has 1 aromatic carbocycles. The van der Waals surface area contributed by atoms with Crippen molar-refractivity contribution in [3.8, 4) is 0 Å². The molecule has 0 bridgehead atoms. The zero-order valence-electron chi connectivity index (χ0n) is 9.13. The number of anilines is 1. The van der Waals surface area contributed by atoms with Gasteiger partial charge in [0.15, 0.2) is 0 Å². The van der Waals surface area contributed by atoms with Gasteiger partial charge in [0, 0.05) is 19.3 Å². The van der Waals surface area contributed by atoms with Crippen LogP contribution in [0.4, 0.5) is 10.1 Å². The number of benzene rings is 1. The largest absolute Gasteiger partial charge is 0.383 e. The van der Waals surface area contributed by atoms with Crippen molar-refractivity contribution in [2.75, 3.05) is 38.8 Å². The van der Waals surface area contributed by atoms with Gasteiger partial charge in [-0.3, -0.25) is 0 Å². The van der Waals surface area contributed by atoms with Crippen molar-refractivity contribution < 1.29 is 13.9 Å². The van der Waals surface area contributed by atoms with Gasteiger partial charge in [-0.05, 0) is 18.2 Å². The highest BCUT2D eigenvalue weighted by Gasteiger charge is 1.99. The highest BCUT2D eigenvalue weighted by molar-refractivity contribution is 6.31. The number of hydrogen-bond donors (Lipinski definition) is 1. The highest BCUT2D eigenvalue weighted by atomic mass is 35.5. The third-order valence-electron chi connectivity index (χ3n) is 1.93. The van der Waals surface area contributed by atoms with E-state index in [1.54, 1.807) is 19.2 Å². The molecule has 0 heterocycles. The van der Waals surface area contributed by atoms with E-state index < -0.39 is 5.82 Å². The van der Waals surface area contributed by atoms with Crippen molar-refractivity contribution in [2.24, 2.45) is 0 Å². The first-order valence-electron chi connectivity index (χ1n) is 4.99. The quantitative estimate of drug-likeness (QED) is 0.752. The Bertz CT molecular complexity index is 323. The number of methoxy groups -OCH3 is 1. The molecule has 0 fully saturated rings. The van der Waals surface area contributed by atoms with E-state index >= 15 is 0 Å². The van der Waals surface area contributed by atoms with Crippen molar-refractivity contribution >= 4 is 17.3 Å². The molecule has 0 aliphatic carbocycles. The summed E-state index contributed by atoms with van der Waals surface area (Å²) in [5.74, 6) is -0.413. The van der Waals surface area contributed by atoms with Crippen LogP contribution in [0, 0.1) is 5.82 Å². The topological polar surface area (TPSA) is 30.5 Å². The molecule has 16 heavy (non-hydrogen) atoms. The average Bonchev–Trinajstić information content (AvgIpc) is 2.28. The first-order valence-corrected chi connectivity index (χ1v) is 5.37. The van der Waals surface area contributed by atoms with Gasteiger partial charge in [-0.15, -0.1) is 0 Å². The molecule has 0 aliphatic heterocycles. The minimum absolute atomic E-state index is 0.116. The standard InChI is InChI=1S/C11H15ClFNO2/c1-15-6-7-16-5-4-14-9-2-3-11(13)10(12)8-9/h2-3,8,14H,4-7H2,1H3. The molecule has 0 aliphatic rings. The van der Waals surface area contributed by atoms with E-state index in [1.165, 1.54) is 6.07 Å². The molecule has 0 saturated heterocycles. The van der Waals surface area contributed by atoms with Crippen LogP contribution >= 0.6 is 11.6 Å². The summed E-state index contributed by atoms with van der Waals surface area (Å²) in [6.07, 6.45) is 0. The van der Waals surface area contributed by atoms with Crippen LogP contribution in [0.2, 0.25) is 5.02 Å². The lowest BCUT2D eigenvalue weighted by atomic mass is 10.3. The fraction of sp³-hybridized carbons (Fsp3) is 0.455. The number of rotatable bonds is 7. The summed E-state index contributed by atoms with van der Waals surface area (Å²) in [6, 6.07) is 4.51. The molecule has 1 aromatic rings. The van der Waals surface area contributed by atoms with Gasteiger partial charge in [0.2, 0.25) is 0 Å². The monoisotopic (exact) mass is 247 g/mol. The van der Waals surface area contributed by atoms with Gasteiger partial charge in [-0.1, -0.05) is 11.6 Å². The van der Waals surface area contributed by atoms with Gasteiger partial charge >= 0.3 is 0 Å². The molecule has 0 amide bonds. The van der Waals surface area contributed by atoms with Gasteiger partial charge in [-0.25, -0.2) is 4.39 Å². The molecule has 5 heteroatoms. The van der Waals surface area contributed by atoms with Crippen molar-refractivity contribution in [3.63, 3.8) is 0 Å². The maximum atomic E-state index is 12.8. The lowest BCUT2D eigenvalue weighted by Crippen LogP contribution is -2.11. The van der Waals surface area contributed by atoms with Crippen molar-refractivity contribution in [1.29, 1.82) is 0 Å². The Morgan fingerprint density at radius 1 is 1.31 bits per heavy atom. The zero-order valence-corrected chi connectivity index (χ0v) is 9.89. The molecule has 3 nitrogen and oxygen atoms in total. The summed E-state index contributed by atoms with van der Waals surface area (Å²) in [5, 5.41) is 3.19. The maximum Gasteiger partial charge on any atom is 0.141 e. The number of halogens is 2. The van der Waals surface area contributed by atoms with E-state index in [0.717, 1.165) is 5.69 Å². The van der Waals surface area contributed by atoms with Crippen LogP contribution in [0.3, 0.4) is 0 Å². The fourth-order valence-electron chi connectivity index (χ4n) is 1.12. The Morgan fingerprint density at radius 2 is 2.12 bits per heavy atom.